The van der Waals surface area contributed by atoms with Gasteiger partial charge < -0.3 is 30.5 Å². The molecule has 4 unspecified atom stereocenters. The second kappa shape index (κ2) is 5.75. The highest BCUT2D eigenvalue weighted by Gasteiger charge is 2.44. The van der Waals surface area contributed by atoms with E-state index in [0.717, 1.165) is 0 Å². The van der Waals surface area contributed by atoms with E-state index >= 15 is 0 Å². The molecule has 1 fully saturated rings. The molecule has 1 aliphatic rings. The monoisotopic (exact) mass is 287 g/mol. The minimum atomic E-state index is -1.29. The molecule has 1 aromatic heterocycles. The SMILES string of the molecule is CCOC(=O)c1ncn(C2OC(CO)C(O)C2O)c1N. The first-order valence-corrected chi connectivity index (χ1v) is 6.13. The second-order valence-corrected chi connectivity index (χ2v) is 4.34. The lowest BCUT2D eigenvalue weighted by atomic mass is 10.1. The fraction of sp³-hybridized carbons (Fsp3) is 0.636. The third kappa shape index (κ3) is 2.36. The number of rotatable bonds is 4. The molecule has 4 atom stereocenters. The molecule has 0 aromatic carbocycles. The van der Waals surface area contributed by atoms with Gasteiger partial charge in [-0.05, 0) is 6.92 Å². The van der Waals surface area contributed by atoms with Crippen LogP contribution in [0.25, 0.3) is 0 Å². The highest BCUT2D eigenvalue weighted by Crippen LogP contribution is 2.31. The molecular formula is C11H17N3O6. The summed E-state index contributed by atoms with van der Waals surface area (Å²) in [6, 6.07) is 0. The number of hydrogen-bond acceptors (Lipinski definition) is 8. The standard InChI is InChI=1S/C11H17N3O6/c1-2-19-11(18)6-9(12)14(4-13-6)10-8(17)7(16)5(3-15)20-10/h4-5,7-8,10,15-17H,2-3,12H2,1H3. The molecule has 9 nitrogen and oxygen atoms in total. The number of carbonyl (C=O) groups excluding carboxylic acids is 1. The van der Waals surface area contributed by atoms with E-state index < -0.39 is 37.1 Å². The Kier molecular flexibility index (Phi) is 4.23. The molecule has 1 saturated heterocycles. The van der Waals surface area contributed by atoms with Gasteiger partial charge in [0.1, 0.15) is 24.1 Å². The first-order chi connectivity index (χ1) is 9.51. The summed E-state index contributed by atoms with van der Waals surface area (Å²) in [5.74, 6) is -0.728. The molecule has 20 heavy (non-hydrogen) atoms. The number of ether oxygens (including phenoxy) is 2. The molecule has 5 N–H and O–H groups in total. The summed E-state index contributed by atoms with van der Waals surface area (Å²) in [6.45, 7) is 1.38. The molecule has 0 spiro atoms. The number of nitrogen functional groups attached to an aromatic ring is 1. The van der Waals surface area contributed by atoms with Gasteiger partial charge in [0.2, 0.25) is 0 Å². The Morgan fingerprint density at radius 2 is 2.25 bits per heavy atom. The van der Waals surface area contributed by atoms with Crippen molar-refractivity contribution in [2.45, 2.75) is 31.5 Å². The van der Waals surface area contributed by atoms with Crippen LogP contribution in [0, 0.1) is 0 Å². The van der Waals surface area contributed by atoms with Crippen LogP contribution < -0.4 is 5.73 Å². The zero-order chi connectivity index (χ0) is 14.9. The molecule has 0 aliphatic carbocycles. The Labute approximate surface area is 114 Å². The molecular weight excluding hydrogens is 270 g/mol. The average molecular weight is 287 g/mol. The largest absolute Gasteiger partial charge is 0.461 e. The minimum Gasteiger partial charge on any atom is -0.461 e. The number of aliphatic hydroxyl groups excluding tert-OH is 3. The lowest BCUT2D eigenvalue weighted by Crippen LogP contribution is -2.33. The van der Waals surface area contributed by atoms with Crippen LogP contribution in [0.1, 0.15) is 23.6 Å². The van der Waals surface area contributed by atoms with E-state index in [-0.39, 0.29) is 18.1 Å². The van der Waals surface area contributed by atoms with Crippen LogP contribution in [-0.2, 0) is 9.47 Å². The van der Waals surface area contributed by atoms with E-state index in [1.807, 2.05) is 0 Å². The predicted octanol–water partition coefficient (Wildman–Crippen LogP) is -1.75. The Bertz CT molecular complexity index is 491. The number of aliphatic hydroxyl groups is 3. The van der Waals surface area contributed by atoms with Crippen molar-refractivity contribution in [1.82, 2.24) is 9.55 Å². The topological polar surface area (TPSA) is 140 Å². The molecule has 2 rings (SSSR count). The molecule has 112 valence electrons. The number of anilines is 1. The number of aromatic nitrogens is 2. The van der Waals surface area contributed by atoms with Crippen molar-refractivity contribution in [3.8, 4) is 0 Å². The van der Waals surface area contributed by atoms with Crippen LogP contribution in [-0.4, -0.2) is 62.4 Å². The van der Waals surface area contributed by atoms with Crippen LogP contribution in [0.15, 0.2) is 6.33 Å². The Morgan fingerprint density at radius 1 is 1.55 bits per heavy atom. The zero-order valence-corrected chi connectivity index (χ0v) is 10.8. The molecule has 1 aliphatic heterocycles. The van der Waals surface area contributed by atoms with Gasteiger partial charge in [0.05, 0.1) is 19.5 Å². The van der Waals surface area contributed by atoms with Gasteiger partial charge >= 0.3 is 5.97 Å². The molecule has 0 bridgehead atoms. The van der Waals surface area contributed by atoms with Crippen LogP contribution in [0.5, 0.6) is 0 Å². The van der Waals surface area contributed by atoms with Crippen molar-refractivity contribution in [2.24, 2.45) is 0 Å². The smallest absolute Gasteiger partial charge is 0.360 e. The number of nitrogens with zero attached hydrogens (tertiary/aromatic N) is 2. The third-order valence-electron chi connectivity index (χ3n) is 3.09. The quantitative estimate of drug-likeness (QED) is 0.478. The first-order valence-electron chi connectivity index (χ1n) is 6.13. The first kappa shape index (κ1) is 14.7. The van der Waals surface area contributed by atoms with Crippen LogP contribution >= 0.6 is 0 Å². The normalized spacial score (nSPS) is 29.6. The lowest BCUT2D eigenvalue weighted by molar-refractivity contribution is -0.0518. The molecule has 1 aromatic rings. The van der Waals surface area contributed by atoms with Gasteiger partial charge in [0.15, 0.2) is 11.9 Å². The van der Waals surface area contributed by atoms with Crippen LogP contribution in [0.3, 0.4) is 0 Å². The summed E-state index contributed by atoms with van der Waals surface area (Å²) < 4.78 is 11.3. The molecule has 2 heterocycles. The summed E-state index contributed by atoms with van der Waals surface area (Å²) in [6.07, 6.45) is -3.29. The Morgan fingerprint density at radius 3 is 2.80 bits per heavy atom. The molecule has 0 saturated carbocycles. The van der Waals surface area contributed by atoms with E-state index in [1.54, 1.807) is 6.92 Å². The number of esters is 1. The van der Waals surface area contributed by atoms with Crippen molar-refractivity contribution in [3.05, 3.63) is 12.0 Å². The maximum atomic E-state index is 11.6. The second-order valence-electron chi connectivity index (χ2n) is 4.34. The lowest BCUT2D eigenvalue weighted by Gasteiger charge is -2.17. The predicted molar refractivity (Wildman–Crippen MR) is 65.6 cm³/mol. The summed E-state index contributed by atoms with van der Waals surface area (Å²) in [5.41, 5.74) is 5.68. The van der Waals surface area contributed by atoms with E-state index in [2.05, 4.69) is 4.98 Å². The average Bonchev–Trinajstić information content (AvgIpc) is 2.93. The zero-order valence-electron chi connectivity index (χ0n) is 10.8. The van der Waals surface area contributed by atoms with E-state index in [9.17, 15) is 15.0 Å². The van der Waals surface area contributed by atoms with Gasteiger partial charge in [-0.25, -0.2) is 9.78 Å². The van der Waals surface area contributed by atoms with Crippen molar-refractivity contribution in [2.75, 3.05) is 18.9 Å². The minimum absolute atomic E-state index is 0.0433. The summed E-state index contributed by atoms with van der Waals surface area (Å²) in [4.78, 5) is 15.4. The van der Waals surface area contributed by atoms with Gasteiger partial charge in [-0.3, -0.25) is 4.57 Å². The van der Waals surface area contributed by atoms with Gasteiger partial charge in [0, 0.05) is 0 Å². The van der Waals surface area contributed by atoms with Crippen LogP contribution in [0.4, 0.5) is 5.82 Å². The number of nitrogens with two attached hydrogens (primary N) is 1. The summed E-state index contributed by atoms with van der Waals surface area (Å²) in [7, 11) is 0. The Balaban J connectivity index is 2.24. The van der Waals surface area contributed by atoms with Gasteiger partial charge in [0.25, 0.3) is 0 Å². The van der Waals surface area contributed by atoms with Gasteiger partial charge in [-0.2, -0.15) is 0 Å². The highest BCUT2D eigenvalue weighted by molar-refractivity contribution is 5.92. The Hall–Kier alpha value is -1.68. The maximum absolute atomic E-state index is 11.6. The maximum Gasteiger partial charge on any atom is 0.360 e. The molecule has 0 amide bonds. The highest BCUT2D eigenvalue weighted by atomic mass is 16.6. The molecule has 9 heteroatoms. The summed E-state index contributed by atoms with van der Waals surface area (Å²) in [5, 5.41) is 28.6. The van der Waals surface area contributed by atoms with E-state index in [4.69, 9.17) is 20.3 Å². The number of hydrogen-bond donors (Lipinski definition) is 4. The van der Waals surface area contributed by atoms with Gasteiger partial charge in [-0.1, -0.05) is 0 Å². The van der Waals surface area contributed by atoms with Crippen molar-refractivity contribution < 1.29 is 29.6 Å². The van der Waals surface area contributed by atoms with E-state index in [0.29, 0.717) is 0 Å². The number of carbonyl (C=O) groups is 1. The fourth-order valence-electron chi connectivity index (χ4n) is 2.04. The van der Waals surface area contributed by atoms with Gasteiger partial charge in [-0.15, -0.1) is 0 Å². The number of imidazole rings is 1. The van der Waals surface area contributed by atoms with Crippen molar-refractivity contribution in [3.63, 3.8) is 0 Å². The fourth-order valence-corrected chi connectivity index (χ4v) is 2.04. The summed E-state index contributed by atoms with van der Waals surface area (Å²) >= 11 is 0. The van der Waals surface area contributed by atoms with Crippen molar-refractivity contribution >= 4 is 11.8 Å². The third-order valence-corrected chi connectivity index (χ3v) is 3.09. The van der Waals surface area contributed by atoms with E-state index in [1.165, 1.54) is 10.9 Å². The van der Waals surface area contributed by atoms with Crippen molar-refractivity contribution in [1.29, 1.82) is 0 Å². The van der Waals surface area contributed by atoms with Crippen LogP contribution in [0.2, 0.25) is 0 Å². The molecule has 0 radical (unpaired) electrons.